The SMILES string of the molecule is CCC(C)(CC(C)(C)C(=O)OC1(CC)C2CC3CC(C2)CC1C3)C(=O)OC1C2CC3OC(=O)CC1C3C2. The van der Waals surface area contributed by atoms with Crippen LogP contribution in [0.5, 0.6) is 0 Å². The third-order valence-corrected chi connectivity index (χ3v) is 12.0. The molecule has 0 aromatic carbocycles. The maximum atomic E-state index is 13.8. The van der Waals surface area contributed by atoms with Crippen molar-refractivity contribution >= 4 is 17.9 Å². The normalized spacial score (nSPS) is 44.9. The molecule has 7 fully saturated rings. The van der Waals surface area contributed by atoms with Crippen molar-refractivity contribution in [2.75, 3.05) is 0 Å². The molecular formula is C31H46O6. The van der Waals surface area contributed by atoms with E-state index >= 15 is 0 Å². The number of esters is 3. The maximum Gasteiger partial charge on any atom is 0.312 e. The predicted octanol–water partition coefficient (Wildman–Crippen LogP) is 5.85. The Balaban J connectivity index is 1.14. The molecule has 6 nitrogen and oxygen atoms in total. The van der Waals surface area contributed by atoms with E-state index in [4.69, 9.17) is 14.2 Å². The minimum Gasteiger partial charge on any atom is -0.462 e. The van der Waals surface area contributed by atoms with Gasteiger partial charge in [0, 0.05) is 17.8 Å². The van der Waals surface area contributed by atoms with Crippen molar-refractivity contribution in [2.24, 2.45) is 52.3 Å². The lowest BCUT2D eigenvalue weighted by atomic mass is 9.49. The van der Waals surface area contributed by atoms with E-state index in [1.54, 1.807) is 0 Å². The van der Waals surface area contributed by atoms with Crippen LogP contribution in [0.3, 0.4) is 0 Å². The summed E-state index contributed by atoms with van der Waals surface area (Å²) in [4.78, 5) is 39.6. The van der Waals surface area contributed by atoms with Gasteiger partial charge in [0.15, 0.2) is 0 Å². The van der Waals surface area contributed by atoms with Crippen LogP contribution in [0.25, 0.3) is 0 Å². The summed E-state index contributed by atoms with van der Waals surface area (Å²) in [6, 6.07) is 0. The Kier molecular flexibility index (Phi) is 6.04. The van der Waals surface area contributed by atoms with E-state index in [0.717, 1.165) is 31.1 Å². The van der Waals surface area contributed by atoms with Gasteiger partial charge in [-0.25, -0.2) is 0 Å². The van der Waals surface area contributed by atoms with Gasteiger partial charge in [-0.15, -0.1) is 0 Å². The highest BCUT2D eigenvalue weighted by Crippen LogP contribution is 2.61. The smallest absolute Gasteiger partial charge is 0.312 e. The molecule has 1 saturated heterocycles. The van der Waals surface area contributed by atoms with Gasteiger partial charge in [-0.1, -0.05) is 13.8 Å². The van der Waals surface area contributed by atoms with Crippen LogP contribution in [0.1, 0.15) is 105 Å². The number of carbonyl (C=O) groups is 3. The monoisotopic (exact) mass is 514 g/mol. The maximum absolute atomic E-state index is 13.8. The summed E-state index contributed by atoms with van der Waals surface area (Å²) in [6.07, 6.45) is 9.96. The minimum absolute atomic E-state index is 0.00790. The Labute approximate surface area is 221 Å². The molecule has 1 aliphatic heterocycles. The molecule has 6 bridgehead atoms. The second-order valence-corrected chi connectivity index (χ2v) is 14.6. The Morgan fingerprint density at radius 2 is 1.57 bits per heavy atom. The molecule has 7 aliphatic rings. The predicted molar refractivity (Wildman–Crippen MR) is 137 cm³/mol. The highest BCUT2D eigenvalue weighted by Gasteiger charge is 2.61. The second-order valence-electron chi connectivity index (χ2n) is 14.6. The van der Waals surface area contributed by atoms with Crippen molar-refractivity contribution in [3.63, 3.8) is 0 Å². The zero-order valence-electron chi connectivity index (χ0n) is 23.4. The number of fused-ring (bicyclic) bond motifs is 1. The van der Waals surface area contributed by atoms with E-state index in [2.05, 4.69) is 6.92 Å². The summed E-state index contributed by atoms with van der Waals surface area (Å²) >= 11 is 0. The Bertz CT molecular complexity index is 941. The first-order valence-corrected chi connectivity index (χ1v) is 15.1. The van der Waals surface area contributed by atoms with Gasteiger partial charge in [-0.3, -0.25) is 14.4 Å². The van der Waals surface area contributed by atoms with E-state index in [1.807, 2.05) is 27.7 Å². The molecule has 6 heteroatoms. The summed E-state index contributed by atoms with van der Waals surface area (Å²) in [7, 11) is 0. The quantitative estimate of drug-likeness (QED) is 0.299. The van der Waals surface area contributed by atoms with E-state index in [1.165, 1.54) is 32.1 Å². The van der Waals surface area contributed by atoms with Gasteiger partial charge < -0.3 is 14.2 Å². The standard InChI is InChI=1S/C31H46O6/c1-6-30(5,28(34)36-26-19-13-22-23(26)15-25(32)35-24(22)14-19)16-29(3,4)27(33)37-31(7-2)20-9-17-8-18(11-20)12-21(31)10-17/h17-24,26H,6-16H2,1-5H3. The molecule has 0 aromatic heterocycles. The first-order valence-electron chi connectivity index (χ1n) is 15.1. The molecular weight excluding hydrogens is 468 g/mol. The van der Waals surface area contributed by atoms with Gasteiger partial charge >= 0.3 is 17.9 Å². The Morgan fingerprint density at radius 1 is 0.919 bits per heavy atom. The van der Waals surface area contributed by atoms with Gasteiger partial charge in [-0.2, -0.15) is 0 Å². The third-order valence-electron chi connectivity index (χ3n) is 12.0. The fraction of sp³-hybridized carbons (Fsp3) is 0.903. The fourth-order valence-electron chi connectivity index (χ4n) is 10.1. The minimum atomic E-state index is -0.797. The van der Waals surface area contributed by atoms with E-state index in [9.17, 15) is 14.4 Å². The van der Waals surface area contributed by atoms with Gasteiger partial charge in [0.2, 0.25) is 0 Å². The molecule has 0 radical (unpaired) electrons. The molecule has 6 atom stereocenters. The van der Waals surface area contributed by atoms with Gasteiger partial charge in [0.05, 0.1) is 17.3 Å². The van der Waals surface area contributed by atoms with Crippen LogP contribution in [-0.4, -0.2) is 35.7 Å². The van der Waals surface area contributed by atoms with Crippen molar-refractivity contribution in [2.45, 2.75) is 123 Å². The summed E-state index contributed by atoms with van der Waals surface area (Å²) in [5.74, 6) is 2.73. The highest BCUT2D eigenvalue weighted by molar-refractivity contribution is 5.81. The van der Waals surface area contributed by atoms with Crippen LogP contribution in [0, 0.1) is 52.3 Å². The third kappa shape index (κ3) is 3.97. The van der Waals surface area contributed by atoms with Crippen molar-refractivity contribution in [3.8, 4) is 0 Å². The van der Waals surface area contributed by atoms with E-state index in [-0.39, 0.29) is 47.6 Å². The topological polar surface area (TPSA) is 78.9 Å². The zero-order chi connectivity index (χ0) is 26.3. The molecule has 6 unspecified atom stereocenters. The number of carbonyl (C=O) groups excluding carboxylic acids is 3. The summed E-state index contributed by atoms with van der Waals surface area (Å²) in [5.41, 5.74) is -1.92. The molecule has 0 aromatic rings. The van der Waals surface area contributed by atoms with Crippen LogP contribution >= 0.6 is 0 Å². The number of hydrogen-bond acceptors (Lipinski definition) is 6. The lowest BCUT2D eigenvalue weighted by Gasteiger charge is -2.60. The van der Waals surface area contributed by atoms with Crippen LogP contribution in [-0.2, 0) is 28.6 Å². The van der Waals surface area contributed by atoms with Crippen molar-refractivity contribution in [3.05, 3.63) is 0 Å². The van der Waals surface area contributed by atoms with Crippen LogP contribution in [0.2, 0.25) is 0 Å². The molecule has 206 valence electrons. The van der Waals surface area contributed by atoms with Crippen LogP contribution < -0.4 is 0 Å². The largest absolute Gasteiger partial charge is 0.462 e. The molecule has 37 heavy (non-hydrogen) atoms. The molecule has 0 spiro atoms. The Hall–Kier alpha value is -1.59. The average molecular weight is 515 g/mol. The lowest BCUT2D eigenvalue weighted by molar-refractivity contribution is -0.220. The van der Waals surface area contributed by atoms with Crippen LogP contribution in [0.15, 0.2) is 0 Å². The molecule has 0 N–H and O–H groups in total. The molecule has 6 saturated carbocycles. The van der Waals surface area contributed by atoms with Gasteiger partial charge in [0.1, 0.15) is 17.8 Å². The first kappa shape index (κ1) is 25.7. The molecule has 0 amide bonds. The molecule has 1 heterocycles. The van der Waals surface area contributed by atoms with E-state index < -0.39 is 10.8 Å². The van der Waals surface area contributed by atoms with E-state index in [0.29, 0.717) is 37.0 Å². The number of ether oxygens (including phenoxy) is 3. The summed E-state index contributed by atoms with van der Waals surface area (Å²) < 4.78 is 18.4. The summed E-state index contributed by atoms with van der Waals surface area (Å²) in [5, 5.41) is 0. The lowest BCUT2D eigenvalue weighted by Crippen LogP contribution is -2.60. The van der Waals surface area contributed by atoms with Gasteiger partial charge in [-0.05, 0) is 109 Å². The van der Waals surface area contributed by atoms with Crippen molar-refractivity contribution in [1.29, 1.82) is 0 Å². The van der Waals surface area contributed by atoms with Gasteiger partial charge in [0.25, 0.3) is 0 Å². The number of hydrogen-bond donors (Lipinski definition) is 0. The molecule has 7 rings (SSSR count). The molecule has 6 aliphatic carbocycles. The highest BCUT2D eigenvalue weighted by atomic mass is 16.6. The zero-order valence-corrected chi connectivity index (χ0v) is 23.4. The van der Waals surface area contributed by atoms with Crippen LogP contribution in [0.4, 0.5) is 0 Å². The first-order chi connectivity index (χ1) is 17.5. The van der Waals surface area contributed by atoms with Crippen molar-refractivity contribution in [1.82, 2.24) is 0 Å². The number of rotatable bonds is 8. The summed E-state index contributed by atoms with van der Waals surface area (Å²) in [6.45, 7) is 10.0. The average Bonchev–Trinajstić information content (AvgIpc) is 3.40. The Morgan fingerprint density at radius 3 is 2.16 bits per heavy atom. The second kappa shape index (κ2) is 8.71. The van der Waals surface area contributed by atoms with Crippen molar-refractivity contribution < 1.29 is 28.6 Å². The fourth-order valence-corrected chi connectivity index (χ4v) is 10.1.